The van der Waals surface area contributed by atoms with Crippen LogP contribution >= 0.6 is 0 Å². The van der Waals surface area contributed by atoms with Crippen LogP contribution in [0.2, 0.25) is 0 Å². The summed E-state index contributed by atoms with van der Waals surface area (Å²) >= 11 is 0. The smallest absolute Gasteiger partial charge is 0.214 e. The Hall–Kier alpha value is -1.16. The second-order valence-corrected chi connectivity index (χ2v) is 4.62. The van der Waals surface area contributed by atoms with Crippen molar-refractivity contribution in [2.45, 2.75) is 19.8 Å². The van der Waals surface area contributed by atoms with Gasteiger partial charge >= 0.3 is 0 Å². The first-order chi connectivity index (χ1) is 7.68. The summed E-state index contributed by atoms with van der Waals surface area (Å²) in [5.74, 6) is 0.162. The number of rotatable bonds is 3. The summed E-state index contributed by atoms with van der Waals surface area (Å²) in [4.78, 5) is 3.78. The fourth-order valence-corrected chi connectivity index (χ4v) is 1.85. The Kier molecular flexibility index (Phi) is 3.39. The molecule has 1 aromatic heterocycles. The highest BCUT2D eigenvalue weighted by Crippen LogP contribution is 2.29. The zero-order valence-corrected chi connectivity index (χ0v) is 9.50. The van der Waals surface area contributed by atoms with E-state index >= 15 is 0 Å². The summed E-state index contributed by atoms with van der Waals surface area (Å²) < 4.78 is 18.2. The summed E-state index contributed by atoms with van der Waals surface area (Å²) in [6.07, 6.45) is 2.07. The van der Waals surface area contributed by atoms with Gasteiger partial charge in [0, 0.05) is 19.8 Å². The summed E-state index contributed by atoms with van der Waals surface area (Å²) in [7, 11) is 0. The summed E-state index contributed by atoms with van der Waals surface area (Å²) in [6, 6.07) is 4.80. The van der Waals surface area contributed by atoms with Gasteiger partial charge in [-0.1, -0.05) is 13.0 Å². The highest BCUT2D eigenvalue weighted by atomic mass is 19.1. The molecule has 1 aliphatic rings. The topological polar surface area (TPSA) is 34.2 Å². The molecule has 1 fully saturated rings. The number of hydrogen-bond donors (Lipinski definition) is 1. The monoisotopic (exact) mass is 224 g/mol. The van der Waals surface area contributed by atoms with Gasteiger partial charge in [0.2, 0.25) is 5.95 Å². The molecular weight excluding hydrogens is 207 g/mol. The minimum absolute atomic E-state index is 0.228. The molecule has 2 heterocycles. The minimum Gasteiger partial charge on any atom is -0.381 e. The average Bonchev–Trinajstić information content (AvgIpc) is 2.28. The predicted octanol–water partition coefficient (Wildman–Crippen LogP) is 2.45. The van der Waals surface area contributed by atoms with Crippen LogP contribution in [-0.4, -0.2) is 24.7 Å². The van der Waals surface area contributed by atoms with Crippen LogP contribution < -0.4 is 5.32 Å². The van der Waals surface area contributed by atoms with Crippen molar-refractivity contribution in [2.75, 3.05) is 25.1 Å². The lowest BCUT2D eigenvalue weighted by Crippen LogP contribution is -2.33. The van der Waals surface area contributed by atoms with Crippen LogP contribution in [0.25, 0.3) is 0 Å². The van der Waals surface area contributed by atoms with Crippen LogP contribution in [-0.2, 0) is 4.74 Å². The Morgan fingerprint density at radius 2 is 2.19 bits per heavy atom. The number of nitrogens with zero attached hydrogens (tertiary/aromatic N) is 1. The van der Waals surface area contributed by atoms with Crippen molar-refractivity contribution in [1.29, 1.82) is 0 Å². The molecule has 0 saturated carbocycles. The number of nitrogens with one attached hydrogen (secondary N) is 1. The molecule has 16 heavy (non-hydrogen) atoms. The third-order valence-electron chi connectivity index (χ3n) is 3.11. The fraction of sp³-hybridized carbons (Fsp3) is 0.583. The molecule has 3 nitrogen and oxygen atoms in total. The Bertz CT molecular complexity index is 351. The van der Waals surface area contributed by atoms with E-state index < -0.39 is 5.95 Å². The first kappa shape index (κ1) is 11.3. The van der Waals surface area contributed by atoms with Crippen LogP contribution in [0.15, 0.2) is 18.2 Å². The molecule has 0 unspecified atom stereocenters. The zero-order valence-electron chi connectivity index (χ0n) is 9.50. The maximum atomic E-state index is 12.9. The SMILES string of the molecule is CC1(CNc2cccc(F)n2)CCOCC1. The van der Waals surface area contributed by atoms with E-state index in [0.717, 1.165) is 32.6 Å². The van der Waals surface area contributed by atoms with E-state index in [2.05, 4.69) is 17.2 Å². The van der Waals surface area contributed by atoms with Gasteiger partial charge in [-0.2, -0.15) is 4.39 Å². The normalized spacial score (nSPS) is 19.4. The lowest BCUT2D eigenvalue weighted by atomic mass is 9.82. The second-order valence-electron chi connectivity index (χ2n) is 4.62. The summed E-state index contributed by atoms with van der Waals surface area (Å²) in [6.45, 7) is 4.66. The number of hydrogen-bond acceptors (Lipinski definition) is 3. The van der Waals surface area contributed by atoms with Crippen molar-refractivity contribution in [3.8, 4) is 0 Å². The molecule has 4 heteroatoms. The Morgan fingerprint density at radius 3 is 2.88 bits per heavy atom. The largest absolute Gasteiger partial charge is 0.381 e. The van der Waals surface area contributed by atoms with E-state index in [1.165, 1.54) is 6.07 Å². The Labute approximate surface area is 95.0 Å². The number of pyridine rings is 1. The highest BCUT2D eigenvalue weighted by Gasteiger charge is 2.27. The average molecular weight is 224 g/mol. The summed E-state index contributed by atoms with van der Waals surface area (Å²) in [5, 5.41) is 3.19. The van der Waals surface area contributed by atoms with Gasteiger partial charge in [-0.25, -0.2) is 4.98 Å². The summed E-state index contributed by atoms with van der Waals surface area (Å²) in [5.41, 5.74) is 0.228. The van der Waals surface area contributed by atoms with Gasteiger partial charge in [-0.3, -0.25) is 0 Å². The highest BCUT2D eigenvalue weighted by molar-refractivity contribution is 5.33. The van der Waals surface area contributed by atoms with Crippen LogP contribution in [0.4, 0.5) is 10.2 Å². The molecule has 0 aliphatic carbocycles. The van der Waals surface area contributed by atoms with Crippen LogP contribution in [0.5, 0.6) is 0 Å². The first-order valence-electron chi connectivity index (χ1n) is 5.62. The number of ether oxygens (including phenoxy) is 1. The third kappa shape index (κ3) is 2.92. The molecule has 1 N–H and O–H groups in total. The van der Waals surface area contributed by atoms with Crippen LogP contribution in [0.1, 0.15) is 19.8 Å². The first-order valence-corrected chi connectivity index (χ1v) is 5.62. The molecule has 0 bridgehead atoms. The standard InChI is InChI=1S/C12H17FN2O/c1-12(5-7-16-8-6-12)9-14-11-4-2-3-10(13)15-11/h2-4H,5-9H2,1H3,(H,14,15). The molecule has 0 radical (unpaired) electrons. The molecule has 1 saturated heterocycles. The number of aromatic nitrogens is 1. The van der Waals surface area contributed by atoms with Crippen molar-refractivity contribution >= 4 is 5.82 Å². The molecular formula is C12H17FN2O. The molecule has 1 aromatic rings. The van der Waals surface area contributed by atoms with E-state index in [-0.39, 0.29) is 5.41 Å². The molecule has 0 amide bonds. The molecule has 0 atom stereocenters. The van der Waals surface area contributed by atoms with Gasteiger partial charge in [-0.05, 0) is 30.4 Å². The van der Waals surface area contributed by atoms with Gasteiger partial charge in [0.1, 0.15) is 5.82 Å². The van der Waals surface area contributed by atoms with E-state index in [1.807, 2.05) is 0 Å². The predicted molar refractivity (Wildman–Crippen MR) is 60.8 cm³/mol. The van der Waals surface area contributed by atoms with Crippen LogP contribution in [0, 0.1) is 11.4 Å². The Morgan fingerprint density at radius 1 is 1.44 bits per heavy atom. The van der Waals surface area contributed by atoms with Gasteiger partial charge in [0.05, 0.1) is 0 Å². The van der Waals surface area contributed by atoms with Gasteiger partial charge in [0.25, 0.3) is 0 Å². The molecule has 88 valence electrons. The van der Waals surface area contributed by atoms with Crippen LogP contribution in [0.3, 0.4) is 0 Å². The van der Waals surface area contributed by atoms with E-state index in [1.54, 1.807) is 12.1 Å². The molecule has 2 rings (SSSR count). The van der Waals surface area contributed by atoms with Crippen molar-refractivity contribution in [2.24, 2.45) is 5.41 Å². The zero-order chi connectivity index (χ0) is 11.4. The van der Waals surface area contributed by atoms with E-state index in [0.29, 0.717) is 5.82 Å². The maximum Gasteiger partial charge on any atom is 0.214 e. The fourth-order valence-electron chi connectivity index (χ4n) is 1.85. The van der Waals surface area contributed by atoms with Gasteiger partial charge in [0.15, 0.2) is 0 Å². The second kappa shape index (κ2) is 4.78. The maximum absolute atomic E-state index is 12.9. The van der Waals surface area contributed by atoms with E-state index in [9.17, 15) is 4.39 Å². The van der Waals surface area contributed by atoms with Gasteiger partial charge in [-0.15, -0.1) is 0 Å². The van der Waals surface area contributed by atoms with Crippen molar-refractivity contribution < 1.29 is 9.13 Å². The number of halogens is 1. The Balaban J connectivity index is 1.91. The number of anilines is 1. The van der Waals surface area contributed by atoms with Crippen molar-refractivity contribution in [3.05, 3.63) is 24.1 Å². The third-order valence-corrected chi connectivity index (χ3v) is 3.11. The molecule has 0 aromatic carbocycles. The van der Waals surface area contributed by atoms with Gasteiger partial charge < -0.3 is 10.1 Å². The van der Waals surface area contributed by atoms with Crippen molar-refractivity contribution in [1.82, 2.24) is 4.98 Å². The van der Waals surface area contributed by atoms with E-state index in [4.69, 9.17) is 4.74 Å². The lowest BCUT2D eigenvalue weighted by Gasteiger charge is -2.33. The van der Waals surface area contributed by atoms with Crippen molar-refractivity contribution in [3.63, 3.8) is 0 Å². The minimum atomic E-state index is -0.442. The lowest BCUT2D eigenvalue weighted by molar-refractivity contribution is 0.0299. The quantitative estimate of drug-likeness (QED) is 0.801. The molecule has 0 spiro atoms. The molecule has 1 aliphatic heterocycles.